The Labute approximate surface area is 431 Å². The second-order valence-electron chi connectivity index (χ2n) is 21.7. The van der Waals surface area contributed by atoms with E-state index in [0.29, 0.717) is 19.3 Å². The molecule has 0 aromatic rings. The molecule has 0 aliphatic rings. The summed E-state index contributed by atoms with van der Waals surface area (Å²) in [5.41, 5.74) is 0. The molecule has 0 saturated heterocycles. The van der Waals surface area contributed by atoms with Crippen molar-refractivity contribution in [2.75, 3.05) is 6.61 Å². The fraction of sp³-hybridized carbons (Fsp3) is 0.921. The Kier molecular flexibility index (Phi) is 56.7. The Morgan fingerprint density at radius 2 is 0.609 bits per heavy atom. The summed E-state index contributed by atoms with van der Waals surface area (Å²) in [5, 5.41) is 44.1. The van der Waals surface area contributed by atoms with Crippen molar-refractivity contribution in [2.24, 2.45) is 0 Å². The maximum absolute atomic E-state index is 12.6. The van der Waals surface area contributed by atoms with Crippen LogP contribution in [-0.2, 0) is 4.79 Å². The van der Waals surface area contributed by atoms with Gasteiger partial charge in [0.05, 0.1) is 18.8 Å². The molecule has 0 aliphatic heterocycles. The highest BCUT2D eigenvalue weighted by molar-refractivity contribution is 5.80. The summed E-state index contributed by atoms with van der Waals surface area (Å²) in [6.45, 7) is 4.09. The third-order valence-electron chi connectivity index (χ3n) is 14.9. The zero-order valence-corrected chi connectivity index (χ0v) is 46.6. The minimum Gasteiger partial charge on any atom is -0.394 e. The zero-order valence-electron chi connectivity index (χ0n) is 46.6. The molecule has 4 atom stereocenters. The van der Waals surface area contributed by atoms with Gasteiger partial charge in [0.25, 0.3) is 0 Å². The van der Waals surface area contributed by atoms with Crippen LogP contribution < -0.4 is 5.32 Å². The summed E-state index contributed by atoms with van der Waals surface area (Å²) < 4.78 is 0. The zero-order chi connectivity index (χ0) is 50.2. The van der Waals surface area contributed by atoms with E-state index in [2.05, 4.69) is 43.5 Å². The molecule has 0 saturated carbocycles. The lowest BCUT2D eigenvalue weighted by Crippen LogP contribution is -2.53. The van der Waals surface area contributed by atoms with Crippen molar-refractivity contribution in [1.29, 1.82) is 0 Å². The molecule has 6 nitrogen and oxygen atoms in total. The highest BCUT2D eigenvalue weighted by atomic mass is 16.3. The van der Waals surface area contributed by atoms with Gasteiger partial charge in [-0.05, 0) is 51.4 Å². The molecule has 0 aromatic carbocycles. The summed E-state index contributed by atoms with van der Waals surface area (Å²) in [6, 6.07) is -1.01. The molecular weight excluding hydrogens is 851 g/mol. The molecule has 6 heteroatoms. The van der Waals surface area contributed by atoms with Crippen LogP contribution >= 0.6 is 0 Å². The van der Waals surface area contributed by atoms with Crippen molar-refractivity contribution in [3.63, 3.8) is 0 Å². The van der Waals surface area contributed by atoms with E-state index < -0.39 is 36.9 Å². The van der Waals surface area contributed by atoms with E-state index in [0.717, 1.165) is 38.5 Å². The van der Waals surface area contributed by atoms with Crippen LogP contribution in [0.5, 0.6) is 0 Å². The fourth-order valence-corrected chi connectivity index (χ4v) is 10.0. The van der Waals surface area contributed by atoms with Gasteiger partial charge in [0, 0.05) is 0 Å². The monoisotopic (exact) mass is 974 g/mol. The highest BCUT2D eigenvalue weighted by Crippen LogP contribution is 2.19. The van der Waals surface area contributed by atoms with Gasteiger partial charge in [0.1, 0.15) is 12.2 Å². The van der Waals surface area contributed by atoms with Crippen molar-refractivity contribution >= 4 is 5.91 Å². The van der Waals surface area contributed by atoms with Crippen LogP contribution in [0.1, 0.15) is 341 Å². The smallest absolute Gasteiger partial charge is 0.249 e. The molecule has 4 unspecified atom stereocenters. The van der Waals surface area contributed by atoms with Crippen molar-refractivity contribution in [1.82, 2.24) is 5.32 Å². The number of hydrogen-bond donors (Lipinski definition) is 5. The van der Waals surface area contributed by atoms with E-state index in [9.17, 15) is 25.2 Å². The van der Waals surface area contributed by atoms with Gasteiger partial charge in [0.15, 0.2) is 0 Å². The van der Waals surface area contributed by atoms with E-state index >= 15 is 0 Å². The first kappa shape index (κ1) is 67.8. The number of allylic oxidation sites excluding steroid dienone is 4. The van der Waals surface area contributed by atoms with Crippen LogP contribution in [0.2, 0.25) is 0 Å². The lowest BCUT2D eigenvalue weighted by Gasteiger charge is -2.27. The van der Waals surface area contributed by atoms with Gasteiger partial charge >= 0.3 is 0 Å². The third-order valence-corrected chi connectivity index (χ3v) is 14.9. The summed E-state index contributed by atoms with van der Waals surface area (Å²) in [5.74, 6) is -0.590. The lowest BCUT2D eigenvalue weighted by molar-refractivity contribution is -0.132. The van der Waals surface area contributed by atoms with Crippen LogP contribution in [0, 0.1) is 0 Å². The molecule has 0 spiro atoms. The van der Waals surface area contributed by atoms with E-state index in [1.807, 2.05) is 0 Å². The maximum atomic E-state index is 12.6. The van der Waals surface area contributed by atoms with Crippen LogP contribution in [0.4, 0.5) is 0 Å². The number of amides is 1. The lowest BCUT2D eigenvalue weighted by atomic mass is 10.00. The Bertz CT molecular complexity index is 1050. The van der Waals surface area contributed by atoms with Gasteiger partial charge in [-0.15, -0.1) is 0 Å². The quantitative estimate of drug-likeness (QED) is 0.0308. The SMILES string of the molecule is CCCCCCCCCCCCCCCCC/C=C/CC/C=C/CCCC(O)C(O)C(CO)NC(=O)C(O)CCCCCCCCCCCCCCCCCCCCCCCCCCCCCCC. The Morgan fingerprint density at radius 1 is 0.348 bits per heavy atom. The molecule has 69 heavy (non-hydrogen) atoms. The predicted molar refractivity (Wildman–Crippen MR) is 302 cm³/mol. The number of carbonyl (C=O) groups is 1. The Balaban J connectivity index is 3.61. The predicted octanol–water partition coefficient (Wildman–Crippen LogP) is 18.6. The third kappa shape index (κ3) is 51.5. The van der Waals surface area contributed by atoms with Gasteiger partial charge < -0.3 is 25.7 Å². The number of aliphatic hydroxyl groups excluding tert-OH is 4. The molecule has 410 valence electrons. The van der Waals surface area contributed by atoms with Crippen molar-refractivity contribution in [2.45, 2.75) is 366 Å². The van der Waals surface area contributed by atoms with Gasteiger partial charge in [0.2, 0.25) is 5.91 Å². The molecular formula is C63H123NO5. The Morgan fingerprint density at radius 3 is 0.913 bits per heavy atom. The average molecular weight is 975 g/mol. The number of aliphatic hydroxyl groups is 4. The fourth-order valence-electron chi connectivity index (χ4n) is 10.0. The second kappa shape index (κ2) is 57.7. The second-order valence-corrected chi connectivity index (χ2v) is 21.7. The molecule has 0 bridgehead atoms. The van der Waals surface area contributed by atoms with Crippen molar-refractivity contribution in [3.8, 4) is 0 Å². The minimum atomic E-state index is -1.29. The summed E-state index contributed by atoms with van der Waals surface area (Å²) in [6.07, 6.45) is 71.3. The van der Waals surface area contributed by atoms with E-state index in [-0.39, 0.29) is 0 Å². The number of nitrogens with one attached hydrogen (secondary N) is 1. The summed E-state index contributed by atoms with van der Waals surface area (Å²) in [7, 11) is 0. The first-order valence-corrected chi connectivity index (χ1v) is 31.2. The summed E-state index contributed by atoms with van der Waals surface area (Å²) in [4.78, 5) is 12.6. The normalized spacial score (nSPS) is 13.8. The number of hydrogen-bond acceptors (Lipinski definition) is 5. The molecule has 0 radical (unpaired) electrons. The molecule has 0 aromatic heterocycles. The molecule has 0 rings (SSSR count). The number of rotatable bonds is 58. The topological polar surface area (TPSA) is 110 Å². The van der Waals surface area contributed by atoms with Crippen LogP contribution in [0.3, 0.4) is 0 Å². The minimum absolute atomic E-state index is 0.365. The molecule has 0 heterocycles. The first-order valence-electron chi connectivity index (χ1n) is 31.2. The van der Waals surface area contributed by atoms with Crippen LogP contribution in [0.15, 0.2) is 24.3 Å². The van der Waals surface area contributed by atoms with Crippen molar-refractivity contribution in [3.05, 3.63) is 24.3 Å². The van der Waals surface area contributed by atoms with Gasteiger partial charge in [-0.1, -0.05) is 314 Å². The van der Waals surface area contributed by atoms with Gasteiger partial charge in [-0.3, -0.25) is 4.79 Å². The molecule has 0 fully saturated rings. The Hall–Kier alpha value is -1.21. The van der Waals surface area contributed by atoms with Gasteiger partial charge in [-0.25, -0.2) is 0 Å². The molecule has 0 aliphatic carbocycles. The summed E-state index contributed by atoms with van der Waals surface area (Å²) >= 11 is 0. The van der Waals surface area contributed by atoms with Crippen LogP contribution in [-0.4, -0.2) is 57.3 Å². The van der Waals surface area contributed by atoms with E-state index in [1.165, 1.54) is 270 Å². The average Bonchev–Trinajstić information content (AvgIpc) is 3.35. The first-order chi connectivity index (χ1) is 34.0. The van der Waals surface area contributed by atoms with Crippen molar-refractivity contribution < 1.29 is 25.2 Å². The van der Waals surface area contributed by atoms with Gasteiger partial charge in [-0.2, -0.15) is 0 Å². The van der Waals surface area contributed by atoms with Crippen LogP contribution in [0.25, 0.3) is 0 Å². The molecule has 5 N–H and O–H groups in total. The largest absolute Gasteiger partial charge is 0.394 e. The maximum Gasteiger partial charge on any atom is 0.249 e. The standard InChI is InChI=1S/C63H123NO5/c1-3-5-7-9-11-13-15-17-19-21-23-25-27-29-30-31-32-33-35-37-39-41-43-45-47-49-51-53-55-57-61(67)63(69)64-59(58-65)62(68)60(66)56-54-52-50-48-46-44-42-40-38-36-34-28-26-24-22-20-18-16-14-12-10-8-6-4-2/h40,42,48,50,59-62,65-68H,3-39,41,43-47,49,51-58H2,1-2H3,(H,64,69)/b42-40+,50-48+. The van der Waals surface area contributed by atoms with E-state index in [1.54, 1.807) is 0 Å². The van der Waals surface area contributed by atoms with E-state index in [4.69, 9.17) is 0 Å². The number of carbonyl (C=O) groups excluding carboxylic acids is 1. The molecule has 1 amide bonds. The number of unbranched alkanes of at least 4 members (excludes halogenated alkanes) is 45. The highest BCUT2D eigenvalue weighted by Gasteiger charge is 2.28.